The number of hydrogen-bond donors (Lipinski definition) is 1. The van der Waals surface area contributed by atoms with Gasteiger partial charge in [-0.2, -0.15) is 0 Å². The summed E-state index contributed by atoms with van der Waals surface area (Å²) in [7, 11) is 2.98. The number of hydrogen-bond acceptors (Lipinski definition) is 5. The number of carbonyl (C=O) groups is 2. The number of rotatable bonds is 4. The zero-order valence-electron chi connectivity index (χ0n) is 16.2. The number of ether oxygens (including phenoxy) is 2. The largest absolute Gasteiger partial charge is 0.467 e. The van der Waals surface area contributed by atoms with Crippen LogP contribution in [0.5, 0.6) is 0 Å². The van der Waals surface area contributed by atoms with Gasteiger partial charge in [-0.3, -0.25) is 9.69 Å². The molecule has 1 amide bonds. The Kier molecular flexibility index (Phi) is 4.72. The molecule has 3 aliphatic heterocycles. The molecule has 27 heavy (non-hydrogen) atoms. The SMILES string of the molecule is CC[C@@H]1CN2CC[C@]3(C(=O)Nc4ccccc43)C2C[C@@H]1C(OC)C(=O)OC. The highest BCUT2D eigenvalue weighted by molar-refractivity contribution is 6.07. The van der Waals surface area contributed by atoms with Gasteiger partial charge < -0.3 is 14.8 Å². The van der Waals surface area contributed by atoms with Crippen LogP contribution in [0.1, 0.15) is 31.7 Å². The average Bonchev–Trinajstić information content (AvgIpc) is 3.20. The molecule has 5 atom stereocenters. The maximum atomic E-state index is 13.1. The third kappa shape index (κ3) is 2.61. The van der Waals surface area contributed by atoms with E-state index in [1.54, 1.807) is 7.11 Å². The summed E-state index contributed by atoms with van der Waals surface area (Å²) in [6.07, 6.45) is 1.97. The molecule has 0 bridgehead atoms. The van der Waals surface area contributed by atoms with Crippen molar-refractivity contribution in [1.82, 2.24) is 4.90 Å². The number of esters is 1. The molecule has 6 nitrogen and oxygen atoms in total. The molecule has 3 heterocycles. The van der Waals surface area contributed by atoms with E-state index in [9.17, 15) is 9.59 Å². The summed E-state index contributed by atoms with van der Waals surface area (Å²) >= 11 is 0. The van der Waals surface area contributed by atoms with E-state index < -0.39 is 11.5 Å². The Morgan fingerprint density at radius 2 is 2.15 bits per heavy atom. The molecule has 1 aromatic rings. The monoisotopic (exact) mass is 372 g/mol. The molecular formula is C21H28N2O4. The van der Waals surface area contributed by atoms with E-state index >= 15 is 0 Å². The number of anilines is 1. The van der Waals surface area contributed by atoms with Crippen LogP contribution < -0.4 is 5.32 Å². The average molecular weight is 372 g/mol. The summed E-state index contributed by atoms with van der Waals surface area (Å²) in [4.78, 5) is 27.9. The van der Waals surface area contributed by atoms with Crippen molar-refractivity contribution in [1.29, 1.82) is 0 Å². The second-order valence-corrected chi connectivity index (χ2v) is 7.98. The number of amides is 1. The predicted molar refractivity (Wildman–Crippen MR) is 101 cm³/mol. The van der Waals surface area contributed by atoms with Crippen molar-refractivity contribution in [3.05, 3.63) is 29.8 Å². The van der Waals surface area contributed by atoms with Gasteiger partial charge in [0.1, 0.15) is 0 Å². The molecule has 0 aliphatic carbocycles. The standard InChI is InChI=1S/C21H28N2O4/c1-4-13-12-23-10-9-21(15-7-5-6-8-16(15)22-20(21)25)17(23)11-14(13)18(26-2)19(24)27-3/h5-8,13-14,17-18H,4,9-12H2,1-3H3,(H,22,25)/t13-,14+,17?,18?,21-/m1/s1. The fraction of sp³-hybridized carbons (Fsp3) is 0.619. The molecule has 6 heteroatoms. The van der Waals surface area contributed by atoms with Gasteiger partial charge in [0.2, 0.25) is 5.91 Å². The van der Waals surface area contributed by atoms with Crippen molar-refractivity contribution in [2.45, 2.75) is 43.7 Å². The molecule has 0 aromatic heterocycles. The lowest BCUT2D eigenvalue weighted by Crippen LogP contribution is -2.56. The molecule has 3 aliphatic rings. The second kappa shape index (κ2) is 6.91. The first-order valence-corrected chi connectivity index (χ1v) is 9.82. The Balaban J connectivity index is 1.71. The molecule has 146 valence electrons. The smallest absolute Gasteiger partial charge is 0.335 e. The summed E-state index contributed by atoms with van der Waals surface area (Å²) < 4.78 is 10.6. The molecule has 1 N–H and O–H groups in total. The number of nitrogens with one attached hydrogen (secondary N) is 1. The second-order valence-electron chi connectivity index (χ2n) is 7.98. The highest BCUT2D eigenvalue weighted by Crippen LogP contribution is 2.52. The van der Waals surface area contributed by atoms with E-state index in [-0.39, 0.29) is 23.8 Å². The number of para-hydroxylation sites is 1. The van der Waals surface area contributed by atoms with Gasteiger partial charge in [0, 0.05) is 31.3 Å². The van der Waals surface area contributed by atoms with Crippen molar-refractivity contribution in [3.63, 3.8) is 0 Å². The Labute approximate surface area is 160 Å². The summed E-state index contributed by atoms with van der Waals surface area (Å²) in [5, 5.41) is 3.09. The molecule has 4 rings (SSSR count). The first kappa shape index (κ1) is 18.4. The van der Waals surface area contributed by atoms with Gasteiger partial charge >= 0.3 is 5.97 Å². The third-order valence-electron chi connectivity index (χ3n) is 7.03. The third-order valence-corrected chi connectivity index (χ3v) is 7.03. The maximum absolute atomic E-state index is 13.1. The molecule has 0 saturated carbocycles. The van der Waals surface area contributed by atoms with Gasteiger partial charge in [-0.1, -0.05) is 31.5 Å². The molecule has 2 unspecified atom stereocenters. The van der Waals surface area contributed by atoms with Crippen LogP contribution in [0.2, 0.25) is 0 Å². The Hall–Kier alpha value is -1.92. The van der Waals surface area contributed by atoms with Crippen molar-refractivity contribution in [2.75, 3.05) is 32.6 Å². The number of carbonyl (C=O) groups excluding carboxylic acids is 2. The van der Waals surface area contributed by atoms with Crippen LogP contribution in [0.4, 0.5) is 5.69 Å². The number of methoxy groups -OCH3 is 2. The first-order valence-electron chi connectivity index (χ1n) is 9.82. The molecule has 2 saturated heterocycles. The van der Waals surface area contributed by atoms with Crippen LogP contribution in [0.25, 0.3) is 0 Å². The highest BCUT2D eigenvalue weighted by Gasteiger charge is 2.60. The van der Waals surface area contributed by atoms with Gasteiger partial charge in [0.15, 0.2) is 6.10 Å². The van der Waals surface area contributed by atoms with Crippen LogP contribution >= 0.6 is 0 Å². The number of nitrogens with zero attached hydrogens (tertiary/aromatic N) is 1. The van der Waals surface area contributed by atoms with Crippen molar-refractivity contribution in [2.24, 2.45) is 11.8 Å². The predicted octanol–water partition coefficient (Wildman–Crippen LogP) is 2.18. The Morgan fingerprint density at radius 3 is 2.85 bits per heavy atom. The normalized spacial score (nSPS) is 33.4. The molecule has 1 aromatic carbocycles. The lowest BCUT2D eigenvalue weighted by atomic mass is 9.67. The van der Waals surface area contributed by atoms with Crippen molar-refractivity contribution in [3.8, 4) is 0 Å². The number of fused-ring (bicyclic) bond motifs is 4. The van der Waals surface area contributed by atoms with E-state index in [4.69, 9.17) is 9.47 Å². The Morgan fingerprint density at radius 1 is 1.37 bits per heavy atom. The van der Waals surface area contributed by atoms with Gasteiger partial charge in [-0.05, 0) is 36.9 Å². The van der Waals surface area contributed by atoms with E-state index in [1.807, 2.05) is 18.2 Å². The number of piperidine rings is 1. The van der Waals surface area contributed by atoms with E-state index in [0.717, 1.165) is 43.6 Å². The van der Waals surface area contributed by atoms with Gasteiger partial charge in [-0.25, -0.2) is 4.79 Å². The summed E-state index contributed by atoms with van der Waals surface area (Å²) in [6, 6.07) is 8.10. The zero-order chi connectivity index (χ0) is 19.2. The van der Waals surface area contributed by atoms with E-state index in [2.05, 4.69) is 23.2 Å². The summed E-state index contributed by atoms with van der Waals surface area (Å²) in [6.45, 7) is 3.96. The zero-order valence-corrected chi connectivity index (χ0v) is 16.2. The Bertz CT molecular complexity index is 751. The van der Waals surface area contributed by atoms with Gasteiger partial charge in [0.25, 0.3) is 0 Å². The fourth-order valence-corrected chi connectivity index (χ4v) is 5.69. The van der Waals surface area contributed by atoms with Crippen LogP contribution in [0, 0.1) is 11.8 Å². The van der Waals surface area contributed by atoms with E-state index in [0.29, 0.717) is 5.92 Å². The van der Waals surface area contributed by atoms with Crippen molar-refractivity contribution >= 4 is 17.6 Å². The van der Waals surface area contributed by atoms with Crippen LogP contribution in [0.15, 0.2) is 24.3 Å². The van der Waals surface area contributed by atoms with Gasteiger partial charge in [-0.15, -0.1) is 0 Å². The lowest BCUT2D eigenvalue weighted by Gasteiger charge is -2.46. The first-order chi connectivity index (χ1) is 13.1. The maximum Gasteiger partial charge on any atom is 0.335 e. The topological polar surface area (TPSA) is 67.9 Å². The van der Waals surface area contributed by atoms with Crippen LogP contribution in [0.3, 0.4) is 0 Å². The molecule has 0 radical (unpaired) electrons. The number of benzene rings is 1. The minimum atomic E-state index is -0.584. The quantitative estimate of drug-likeness (QED) is 0.821. The minimum Gasteiger partial charge on any atom is -0.467 e. The van der Waals surface area contributed by atoms with E-state index in [1.165, 1.54) is 7.11 Å². The lowest BCUT2D eigenvalue weighted by molar-refractivity contribution is -0.160. The molecule has 1 spiro atoms. The molecular weight excluding hydrogens is 344 g/mol. The van der Waals surface area contributed by atoms with Crippen molar-refractivity contribution < 1.29 is 19.1 Å². The molecule has 2 fully saturated rings. The highest BCUT2D eigenvalue weighted by atomic mass is 16.6. The summed E-state index contributed by atoms with van der Waals surface area (Å²) in [5.74, 6) is 0.166. The van der Waals surface area contributed by atoms with Crippen LogP contribution in [-0.2, 0) is 24.5 Å². The summed E-state index contributed by atoms with van der Waals surface area (Å²) in [5.41, 5.74) is 1.50. The van der Waals surface area contributed by atoms with Crippen LogP contribution in [-0.4, -0.2) is 56.2 Å². The fourth-order valence-electron chi connectivity index (χ4n) is 5.69. The minimum absolute atomic E-state index is 0.0456. The van der Waals surface area contributed by atoms with Gasteiger partial charge in [0.05, 0.1) is 12.5 Å².